The van der Waals surface area contributed by atoms with E-state index in [2.05, 4.69) is 10.6 Å². The molecule has 2 heterocycles. The molecule has 2 amide bonds. The Labute approximate surface area is 131 Å². The van der Waals surface area contributed by atoms with Gasteiger partial charge < -0.3 is 15.4 Å². The minimum Gasteiger partial charge on any atom is -0.457 e. The predicted octanol–water partition coefficient (Wildman–Crippen LogP) is 2.10. The van der Waals surface area contributed by atoms with E-state index in [1.807, 2.05) is 0 Å². The lowest BCUT2D eigenvalue weighted by atomic mass is 10.0. The summed E-state index contributed by atoms with van der Waals surface area (Å²) in [6.45, 7) is 0.266. The van der Waals surface area contributed by atoms with Gasteiger partial charge in [-0.2, -0.15) is 0 Å². The fourth-order valence-electron chi connectivity index (χ4n) is 2.85. The smallest absolute Gasteiger partial charge is 0.338 e. The van der Waals surface area contributed by atoms with E-state index in [1.165, 1.54) is 0 Å². The number of hydrogen-bond acceptors (Lipinski definition) is 4. The number of rotatable bonds is 2. The lowest BCUT2D eigenvalue weighted by molar-refractivity contribution is -0.115. The van der Waals surface area contributed by atoms with Crippen molar-refractivity contribution < 1.29 is 19.1 Å². The van der Waals surface area contributed by atoms with Crippen molar-refractivity contribution in [2.75, 3.05) is 10.6 Å². The van der Waals surface area contributed by atoms with Crippen molar-refractivity contribution in [1.29, 1.82) is 0 Å². The third kappa shape index (κ3) is 2.24. The van der Waals surface area contributed by atoms with Crippen LogP contribution in [0.2, 0.25) is 0 Å². The molecule has 0 spiro atoms. The van der Waals surface area contributed by atoms with Gasteiger partial charge in [0.15, 0.2) is 0 Å². The summed E-state index contributed by atoms with van der Waals surface area (Å²) in [5, 5.41) is 5.48. The predicted molar refractivity (Wildman–Crippen MR) is 82.3 cm³/mol. The molecule has 6 heteroatoms. The van der Waals surface area contributed by atoms with E-state index in [0.29, 0.717) is 28.1 Å². The first-order valence-electron chi connectivity index (χ1n) is 7.15. The highest BCUT2D eigenvalue weighted by Crippen LogP contribution is 2.28. The average molecular weight is 308 g/mol. The molecule has 2 aromatic carbocycles. The molecule has 23 heavy (non-hydrogen) atoms. The molecule has 0 aromatic heterocycles. The number of carbonyl (C=O) groups is 3. The molecule has 2 N–H and O–H groups in total. The van der Waals surface area contributed by atoms with E-state index in [1.54, 1.807) is 36.4 Å². The van der Waals surface area contributed by atoms with Gasteiger partial charge in [-0.05, 0) is 29.8 Å². The molecule has 0 saturated carbocycles. The summed E-state index contributed by atoms with van der Waals surface area (Å²) in [5.41, 5.74) is 3.60. The zero-order valence-corrected chi connectivity index (χ0v) is 12.0. The SMILES string of the molecule is O=C1Cc2c(cccc2C(=O)Nc2ccc3c(c2)C(=O)OC3)N1. The Morgan fingerprint density at radius 3 is 2.91 bits per heavy atom. The van der Waals surface area contributed by atoms with Crippen LogP contribution in [0.5, 0.6) is 0 Å². The number of hydrogen-bond donors (Lipinski definition) is 2. The fraction of sp³-hybridized carbons (Fsp3) is 0.118. The summed E-state index contributed by atoms with van der Waals surface area (Å²) in [4.78, 5) is 35.6. The summed E-state index contributed by atoms with van der Waals surface area (Å²) < 4.78 is 4.94. The topological polar surface area (TPSA) is 84.5 Å². The lowest BCUT2D eigenvalue weighted by Gasteiger charge is -2.09. The van der Waals surface area contributed by atoms with Crippen LogP contribution in [-0.4, -0.2) is 17.8 Å². The number of ether oxygens (including phenoxy) is 1. The number of anilines is 2. The van der Waals surface area contributed by atoms with Crippen molar-refractivity contribution in [3.05, 3.63) is 58.7 Å². The minimum absolute atomic E-state index is 0.125. The van der Waals surface area contributed by atoms with Gasteiger partial charge in [0.05, 0.1) is 12.0 Å². The normalized spacial score (nSPS) is 14.8. The molecule has 114 valence electrons. The first-order chi connectivity index (χ1) is 11.1. The standard InChI is InChI=1S/C17H12N2O4/c20-15-7-13-11(2-1-3-14(13)19-15)16(21)18-10-5-4-9-8-23-17(22)12(9)6-10/h1-6H,7-8H2,(H,18,21)(H,19,20). The quantitative estimate of drug-likeness (QED) is 0.832. The van der Waals surface area contributed by atoms with E-state index in [4.69, 9.17) is 4.74 Å². The Kier molecular flexibility index (Phi) is 2.90. The number of amides is 2. The second-order valence-electron chi connectivity index (χ2n) is 5.46. The van der Waals surface area contributed by atoms with Crippen LogP contribution >= 0.6 is 0 Å². The third-order valence-corrected chi connectivity index (χ3v) is 3.98. The Hall–Kier alpha value is -3.15. The molecule has 0 fully saturated rings. The first kappa shape index (κ1) is 13.5. The first-order valence-corrected chi connectivity index (χ1v) is 7.15. The van der Waals surface area contributed by atoms with Gasteiger partial charge in [-0.3, -0.25) is 9.59 Å². The van der Waals surface area contributed by atoms with Crippen LogP contribution in [0.3, 0.4) is 0 Å². The number of carbonyl (C=O) groups excluding carboxylic acids is 3. The van der Waals surface area contributed by atoms with Crippen molar-refractivity contribution in [1.82, 2.24) is 0 Å². The molecule has 0 bridgehead atoms. The number of cyclic esters (lactones) is 1. The Bertz CT molecular complexity index is 873. The van der Waals surface area contributed by atoms with Crippen molar-refractivity contribution >= 4 is 29.2 Å². The molecular weight excluding hydrogens is 296 g/mol. The fourth-order valence-corrected chi connectivity index (χ4v) is 2.85. The summed E-state index contributed by atoms with van der Waals surface area (Å²) in [5.74, 6) is -0.823. The Balaban J connectivity index is 1.63. The lowest BCUT2D eigenvalue weighted by Crippen LogP contribution is -2.14. The zero-order valence-electron chi connectivity index (χ0n) is 12.0. The molecule has 2 aliphatic heterocycles. The highest BCUT2D eigenvalue weighted by molar-refractivity contribution is 6.10. The molecule has 6 nitrogen and oxygen atoms in total. The van der Waals surface area contributed by atoms with Gasteiger partial charge in [0.2, 0.25) is 5.91 Å². The highest BCUT2D eigenvalue weighted by atomic mass is 16.5. The molecule has 2 aliphatic rings. The Morgan fingerprint density at radius 2 is 2.04 bits per heavy atom. The molecule has 2 aromatic rings. The molecule has 0 aliphatic carbocycles. The van der Waals surface area contributed by atoms with Crippen LogP contribution in [-0.2, 0) is 22.6 Å². The number of nitrogens with one attached hydrogen (secondary N) is 2. The second kappa shape index (κ2) is 4.95. The van der Waals surface area contributed by atoms with Crippen molar-refractivity contribution in [3.8, 4) is 0 Å². The van der Waals surface area contributed by atoms with E-state index in [0.717, 1.165) is 5.56 Å². The van der Waals surface area contributed by atoms with Gasteiger partial charge in [-0.1, -0.05) is 12.1 Å². The van der Waals surface area contributed by atoms with Crippen LogP contribution in [0.25, 0.3) is 0 Å². The van der Waals surface area contributed by atoms with Crippen LogP contribution in [0.1, 0.15) is 31.8 Å². The van der Waals surface area contributed by atoms with Crippen LogP contribution in [0.15, 0.2) is 36.4 Å². The van der Waals surface area contributed by atoms with Gasteiger partial charge in [0, 0.05) is 22.5 Å². The molecule has 0 atom stereocenters. The van der Waals surface area contributed by atoms with E-state index in [9.17, 15) is 14.4 Å². The maximum Gasteiger partial charge on any atom is 0.338 e. The van der Waals surface area contributed by atoms with Gasteiger partial charge in [-0.25, -0.2) is 4.79 Å². The van der Waals surface area contributed by atoms with Crippen LogP contribution < -0.4 is 10.6 Å². The molecule has 4 rings (SSSR count). The summed E-state index contributed by atoms with van der Waals surface area (Å²) in [6.07, 6.45) is 0.190. The van der Waals surface area contributed by atoms with Gasteiger partial charge >= 0.3 is 5.97 Å². The number of fused-ring (bicyclic) bond motifs is 2. The summed E-state index contributed by atoms with van der Waals surface area (Å²) >= 11 is 0. The maximum absolute atomic E-state index is 12.5. The monoisotopic (exact) mass is 308 g/mol. The maximum atomic E-state index is 12.5. The molecule has 0 radical (unpaired) electrons. The van der Waals surface area contributed by atoms with Gasteiger partial charge in [-0.15, -0.1) is 0 Å². The highest BCUT2D eigenvalue weighted by Gasteiger charge is 2.25. The minimum atomic E-state index is -0.383. The van der Waals surface area contributed by atoms with Crippen molar-refractivity contribution in [2.24, 2.45) is 0 Å². The van der Waals surface area contributed by atoms with Gasteiger partial charge in [0.25, 0.3) is 5.91 Å². The van der Waals surface area contributed by atoms with E-state index < -0.39 is 0 Å². The average Bonchev–Trinajstić information content (AvgIpc) is 3.09. The van der Waals surface area contributed by atoms with Crippen LogP contribution in [0, 0.1) is 0 Å². The Morgan fingerprint density at radius 1 is 1.17 bits per heavy atom. The number of esters is 1. The van der Waals surface area contributed by atoms with Crippen LogP contribution in [0.4, 0.5) is 11.4 Å². The largest absolute Gasteiger partial charge is 0.457 e. The molecule has 0 unspecified atom stereocenters. The zero-order chi connectivity index (χ0) is 16.0. The summed E-state index contributed by atoms with van der Waals surface area (Å²) in [6, 6.07) is 10.3. The third-order valence-electron chi connectivity index (χ3n) is 3.98. The van der Waals surface area contributed by atoms with E-state index in [-0.39, 0.29) is 30.8 Å². The van der Waals surface area contributed by atoms with Gasteiger partial charge in [0.1, 0.15) is 6.61 Å². The van der Waals surface area contributed by atoms with Crippen molar-refractivity contribution in [3.63, 3.8) is 0 Å². The second-order valence-corrected chi connectivity index (χ2v) is 5.46. The number of benzene rings is 2. The van der Waals surface area contributed by atoms with E-state index >= 15 is 0 Å². The van der Waals surface area contributed by atoms with Crippen molar-refractivity contribution in [2.45, 2.75) is 13.0 Å². The molecular formula is C17H12N2O4. The summed E-state index contributed by atoms with van der Waals surface area (Å²) in [7, 11) is 0. The molecule has 0 saturated heterocycles.